The van der Waals surface area contributed by atoms with Crippen LogP contribution in [0.1, 0.15) is 17.5 Å². The average Bonchev–Trinajstić information content (AvgIpc) is 3.28. The van der Waals surface area contributed by atoms with Gasteiger partial charge in [-0.25, -0.2) is 13.8 Å². The molecular formula is C18H22F2N2OSSi. The summed E-state index contributed by atoms with van der Waals surface area (Å²) < 4.78 is 28.3. The van der Waals surface area contributed by atoms with Crippen LogP contribution in [0.5, 0.6) is 0 Å². The molecule has 1 aliphatic heterocycles. The number of nitrogens with two attached hydrogens (primary N) is 1. The number of benzene rings is 1. The van der Waals surface area contributed by atoms with Crippen LogP contribution in [0, 0.1) is 23.2 Å². The molecule has 2 aliphatic rings. The van der Waals surface area contributed by atoms with Crippen LogP contribution in [-0.4, -0.2) is 36.4 Å². The number of aliphatic hydroxyl groups excluding tert-OH is 1. The molecule has 0 saturated heterocycles. The maximum absolute atomic E-state index is 14.6. The van der Waals surface area contributed by atoms with Gasteiger partial charge in [-0.3, -0.25) is 0 Å². The van der Waals surface area contributed by atoms with Crippen LogP contribution in [0.15, 0.2) is 23.2 Å². The molecule has 0 aromatic heterocycles. The summed E-state index contributed by atoms with van der Waals surface area (Å²) in [4.78, 5) is 4.32. The van der Waals surface area contributed by atoms with Crippen LogP contribution < -0.4 is 5.73 Å². The van der Waals surface area contributed by atoms with Crippen molar-refractivity contribution in [3.63, 3.8) is 0 Å². The van der Waals surface area contributed by atoms with E-state index in [4.69, 9.17) is 5.73 Å². The van der Waals surface area contributed by atoms with Crippen LogP contribution in [0.3, 0.4) is 0 Å². The fourth-order valence-corrected chi connectivity index (χ4v) is 5.15. The van der Waals surface area contributed by atoms with Gasteiger partial charge in [0, 0.05) is 17.0 Å². The van der Waals surface area contributed by atoms with E-state index in [-0.39, 0.29) is 23.3 Å². The molecule has 1 aromatic carbocycles. The van der Waals surface area contributed by atoms with Crippen molar-refractivity contribution in [3.05, 3.63) is 35.1 Å². The lowest BCUT2D eigenvalue weighted by Gasteiger charge is -2.34. The summed E-state index contributed by atoms with van der Waals surface area (Å²) in [5.41, 5.74) is 8.58. The highest BCUT2D eigenvalue weighted by molar-refractivity contribution is 8.15. The van der Waals surface area contributed by atoms with Gasteiger partial charge in [0.1, 0.15) is 26.1 Å². The zero-order valence-electron chi connectivity index (χ0n) is 14.6. The molecule has 1 heterocycles. The summed E-state index contributed by atoms with van der Waals surface area (Å²) in [6.45, 7) is 5.38. The molecule has 134 valence electrons. The molecule has 1 saturated carbocycles. The summed E-state index contributed by atoms with van der Waals surface area (Å²) in [5.74, 6) is 2.29. The van der Waals surface area contributed by atoms with Gasteiger partial charge in [0.25, 0.3) is 0 Å². The third kappa shape index (κ3) is 3.23. The summed E-state index contributed by atoms with van der Waals surface area (Å²) in [7, 11) is -1.58. The van der Waals surface area contributed by atoms with Crippen molar-refractivity contribution >= 4 is 25.0 Å². The molecule has 7 heteroatoms. The molecule has 1 fully saturated rings. The fourth-order valence-electron chi connectivity index (χ4n) is 3.35. The summed E-state index contributed by atoms with van der Waals surface area (Å²) in [5, 5.41) is 9.91. The van der Waals surface area contributed by atoms with Crippen LogP contribution in [0.4, 0.5) is 8.78 Å². The SMILES string of the molecule is C[Si](C)(C)C#Cc1ccc(F)c([C@@]2(CF)N=C(N)S[C@@]3(CO)C[C@H]32)c1. The summed E-state index contributed by atoms with van der Waals surface area (Å²) in [6.07, 6.45) is 0.562. The van der Waals surface area contributed by atoms with E-state index in [0.29, 0.717) is 12.0 Å². The summed E-state index contributed by atoms with van der Waals surface area (Å²) >= 11 is 1.26. The normalized spacial score (nSPS) is 30.8. The van der Waals surface area contributed by atoms with Crippen molar-refractivity contribution in [1.82, 2.24) is 0 Å². The van der Waals surface area contributed by atoms with Gasteiger partial charge in [-0.15, -0.1) is 5.54 Å². The van der Waals surface area contributed by atoms with E-state index in [1.807, 2.05) is 0 Å². The van der Waals surface area contributed by atoms with Crippen molar-refractivity contribution in [3.8, 4) is 11.5 Å². The van der Waals surface area contributed by atoms with Gasteiger partial charge in [0.05, 0.1) is 11.4 Å². The predicted molar refractivity (Wildman–Crippen MR) is 101 cm³/mol. The van der Waals surface area contributed by atoms with E-state index >= 15 is 0 Å². The molecule has 3 N–H and O–H groups in total. The highest BCUT2D eigenvalue weighted by Crippen LogP contribution is 2.65. The average molecular weight is 381 g/mol. The quantitative estimate of drug-likeness (QED) is 0.626. The number of hydrogen-bond acceptors (Lipinski definition) is 4. The Hall–Kier alpha value is -1.36. The number of hydrogen-bond donors (Lipinski definition) is 2. The Balaban J connectivity index is 2.10. The zero-order valence-corrected chi connectivity index (χ0v) is 16.4. The molecule has 3 atom stereocenters. The second-order valence-electron chi connectivity index (χ2n) is 7.78. The smallest absolute Gasteiger partial charge is 0.155 e. The van der Waals surface area contributed by atoms with E-state index in [9.17, 15) is 13.9 Å². The maximum atomic E-state index is 14.6. The number of rotatable bonds is 3. The van der Waals surface area contributed by atoms with Gasteiger partial charge in [-0.05, 0) is 24.6 Å². The van der Waals surface area contributed by atoms with Gasteiger partial charge in [-0.1, -0.05) is 37.3 Å². The highest BCUT2D eigenvalue weighted by atomic mass is 32.2. The van der Waals surface area contributed by atoms with Crippen LogP contribution in [-0.2, 0) is 5.54 Å². The Kier molecular flexibility index (Phi) is 4.51. The van der Waals surface area contributed by atoms with E-state index in [0.717, 1.165) is 0 Å². The van der Waals surface area contributed by atoms with Gasteiger partial charge < -0.3 is 10.8 Å². The molecule has 3 nitrogen and oxygen atoms in total. The third-order valence-electron chi connectivity index (χ3n) is 4.70. The number of amidine groups is 1. The first-order valence-corrected chi connectivity index (χ1v) is 12.5. The molecule has 3 rings (SSSR count). The minimum atomic E-state index is -1.58. The van der Waals surface area contributed by atoms with Crippen molar-refractivity contribution in [1.29, 1.82) is 0 Å². The molecule has 25 heavy (non-hydrogen) atoms. The minimum Gasteiger partial charge on any atom is -0.395 e. The standard InChI is InChI=1S/C18H22F2N2OSSi/c1-25(2,3)7-6-12-4-5-14(20)13(8-12)18(10-19)15-9-17(15,11-23)24-16(21)22-18/h4-5,8,15,23H,9-11H2,1-3H3,(H2,21,22)/t15-,17-,18-/m1/s1. The van der Waals surface area contributed by atoms with Gasteiger partial charge in [0.2, 0.25) is 0 Å². The Morgan fingerprint density at radius 1 is 1.44 bits per heavy atom. The van der Waals surface area contributed by atoms with Gasteiger partial charge in [0.15, 0.2) is 5.17 Å². The monoisotopic (exact) mass is 380 g/mol. The Morgan fingerprint density at radius 3 is 2.76 bits per heavy atom. The number of aliphatic hydroxyl groups is 1. The largest absolute Gasteiger partial charge is 0.395 e. The number of thioether (sulfide) groups is 1. The van der Waals surface area contributed by atoms with E-state index in [1.54, 1.807) is 12.1 Å². The molecule has 0 spiro atoms. The topological polar surface area (TPSA) is 58.6 Å². The van der Waals surface area contributed by atoms with Crippen LogP contribution in [0.25, 0.3) is 0 Å². The molecule has 0 radical (unpaired) electrons. The first-order valence-electron chi connectivity index (χ1n) is 8.20. The number of aliphatic imine (C=N–C) groups is 1. The molecule has 0 bridgehead atoms. The zero-order chi connectivity index (χ0) is 18.5. The van der Waals surface area contributed by atoms with Crippen molar-refractivity contribution in [2.75, 3.05) is 13.3 Å². The van der Waals surface area contributed by atoms with Gasteiger partial charge in [-0.2, -0.15) is 0 Å². The molecule has 1 aliphatic carbocycles. The van der Waals surface area contributed by atoms with Gasteiger partial charge >= 0.3 is 0 Å². The molecule has 0 amide bonds. The Morgan fingerprint density at radius 2 is 2.16 bits per heavy atom. The second kappa shape index (κ2) is 6.11. The maximum Gasteiger partial charge on any atom is 0.155 e. The van der Waals surface area contributed by atoms with Crippen molar-refractivity contribution in [2.45, 2.75) is 36.3 Å². The number of fused-ring (bicyclic) bond motifs is 1. The first kappa shape index (κ1) is 18.4. The van der Waals surface area contributed by atoms with E-state index < -0.39 is 30.9 Å². The van der Waals surface area contributed by atoms with Crippen molar-refractivity contribution < 1.29 is 13.9 Å². The third-order valence-corrected chi connectivity index (χ3v) is 6.87. The number of alkyl halides is 1. The Bertz CT molecular complexity index is 798. The van der Waals surface area contributed by atoms with E-state index in [2.05, 4.69) is 36.1 Å². The second-order valence-corrected chi connectivity index (χ2v) is 14.0. The van der Waals surface area contributed by atoms with Crippen LogP contribution in [0.2, 0.25) is 19.6 Å². The summed E-state index contributed by atoms with van der Waals surface area (Å²) in [6, 6.07) is 4.52. The Labute approximate surface area is 152 Å². The predicted octanol–water partition coefficient (Wildman–Crippen LogP) is 3.03. The first-order chi connectivity index (χ1) is 11.7. The molecular weight excluding hydrogens is 358 g/mol. The molecule has 1 aromatic rings. The lowest BCUT2D eigenvalue weighted by atomic mass is 9.84. The molecule has 0 unspecified atom stereocenters. The minimum absolute atomic E-state index is 0.128. The van der Waals surface area contributed by atoms with E-state index in [1.165, 1.54) is 17.8 Å². The lowest BCUT2D eigenvalue weighted by Crippen LogP contribution is -2.41. The van der Waals surface area contributed by atoms with Crippen molar-refractivity contribution in [2.24, 2.45) is 16.6 Å². The highest BCUT2D eigenvalue weighted by Gasteiger charge is 2.68. The number of nitrogens with zero attached hydrogens (tertiary/aromatic N) is 1. The fraction of sp³-hybridized carbons (Fsp3) is 0.500. The number of halogens is 2. The van der Waals surface area contributed by atoms with Crippen LogP contribution >= 0.6 is 11.8 Å². The lowest BCUT2D eigenvalue weighted by molar-refractivity contribution is 0.231.